The highest BCUT2D eigenvalue weighted by atomic mass is 16.5. The Morgan fingerprint density at radius 2 is 1.76 bits per heavy atom. The van der Waals surface area contributed by atoms with E-state index < -0.39 is 0 Å². The van der Waals surface area contributed by atoms with E-state index in [-0.39, 0.29) is 12.5 Å². The molecule has 0 radical (unpaired) electrons. The summed E-state index contributed by atoms with van der Waals surface area (Å²) in [5, 5.41) is 2.99. The molecule has 0 aliphatic carbocycles. The molecule has 0 spiro atoms. The second-order valence-corrected chi connectivity index (χ2v) is 6.46. The Morgan fingerprint density at radius 1 is 1.16 bits per heavy atom. The molecule has 1 heterocycles. The predicted octanol–water partition coefficient (Wildman–Crippen LogP) is 1.94. The van der Waals surface area contributed by atoms with Crippen molar-refractivity contribution in [3.63, 3.8) is 0 Å². The SMILES string of the molecule is CCOc1ccc(OCC(=O)NC[C@H](C(C)C)N2CCOCC2)cc1. The molecule has 0 saturated carbocycles. The van der Waals surface area contributed by atoms with E-state index in [2.05, 4.69) is 24.1 Å². The van der Waals surface area contributed by atoms with Gasteiger partial charge in [0.25, 0.3) is 5.91 Å². The second-order valence-electron chi connectivity index (χ2n) is 6.46. The first-order valence-electron chi connectivity index (χ1n) is 9.04. The van der Waals surface area contributed by atoms with Crippen molar-refractivity contribution >= 4 is 5.91 Å². The number of amides is 1. The zero-order valence-corrected chi connectivity index (χ0v) is 15.5. The fraction of sp³-hybridized carbons (Fsp3) is 0.632. The summed E-state index contributed by atoms with van der Waals surface area (Å²) in [6.07, 6.45) is 0. The van der Waals surface area contributed by atoms with Gasteiger partial charge in [0.1, 0.15) is 11.5 Å². The summed E-state index contributed by atoms with van der Waals surface area (Å²) >= 11 is 0. The summed E-state index contributed by atoms with van der Waals surface area (Å²) in [6.45, 7) is 10.9. The lowest BCUT2D eigenvalue weighted by Crippen LogP contribution is -2.51. The molecular weight excluding hydrogens is 320 g/mol. The lowest BCUT2D eigenvalue weighted by Gasteiger charge is -2.36. The summed E-state index contributed by atoms with van der Waals surface area (Å²) in [7, 11) is 0. The van der Waals surface area contributed by atoms with Gasteiger partial charge in [0.15, 0.2) is 6.61 Å². The number of benzene rings is 1. The summed E-state index contributed by atoms with van der Waals surface area (Å²) in [5.74, 6) is 1.81. The fourth-order valence-electron chi connectivity index (χ4n) is 2.91. The predicted molar refractivity (Wildman–Crippen MR) is 97.1 cm³/mol. The van der Waals surface area contributed by atoms with E-state index in [4.69, 9.17) is 14.2 Å². The van der Waals surface area contributed by atoms with Crippen molar-refractivity contribution in [3.05, 3.63) is 24.3 Å². The highest BCUT2D eigenvalue weighted by Gasteiger charge is 2.24. The Bertz CT molecular complexity index is 513. The van der Waals surface area contributed by atoms with Crippen LogP contribution in [-0.2, 0) is 9.53 Å². The van der Waals surface area contributed by atoms with Gasteiger partial charge in [-0.15, -0.1) is 0 Å². The maximum absolute atomic E-state index is 12.1. The summed E-state index contributed by atoms with van der Waals surface area (Å²) in [5.41, 5.74) is 0. The normalized spacial score (nSPS) is 16.5. The molecule has 6 heteroatoms. The molecule has 6 nitrogen and oxygen atoms in total. The molecule has 0 aromatic heterocycles. The molecule has 2 rings (SSSR count). The molecule has 1 amide bonds. The van der Waals surface area contributed by atoms with E-state index in [0.29, 0.717) is 30.9 Å². The highest BCUT2D eigenvalue weighted by Crippen LogP contribution is 2.17. The lowest BCUT2D eigenvalue weighted by atomic mass is 10.0. The zero-order valence-electron chi connectivity index (χ0n) is 15.5. The number of nitrogens with one attached hydrogen (secondary N) is 1. The van der Waals surface area contributed by atoms with E-state index in [1.807, 2.05) is 31.2 Å². The third kappa shape index (κ3) is 6.55. The molecule has 1 fully saturated rings. The molecule has 1 aromatic carbocycles. The van der Waals surface area contributed by atoms with Crippen molar-refractivity contribution in [2.45, 2.75) is 26.8 Å². The van der Waals surface area contributed by atoms with Crippen LogP contribution in [0.2, 0.25) is 0 Å². The van der Waals surface area contributed by atoms with E-state index in [0.717, 1.165) is 32.1 Å². The Morgan fingerprint density at radius 3 is 2.32 bits per heavy atom. The molecule has 1 aromatic rings. The Hall–Kier alpha value is -1.79. The van der Waals surface area contributed by atoms with Gasteiger partial charge in [0.05, 0.1) is 19.8 Å². The van der Waals surface area contributed by atoms with Crippen LogP contribution < -0.4 is 14.8 Å². The minimum Gasteiger partial charge on any atom is -0.494 e. The Kier molecular flexibility index (Phi) is 8.01. The average molecular weight is 350 g/mol. The van der Waals surface area contributed by atoms with Crippen LogP contribution in [0, 0.1) is 5.92 Å². The molecule has 1 aliphatic rings. The standard InChI is InChI=1S/C19H30N2O4/c1-4-24-16-5-7-17(8-6-16)25-14-19(22)20-13-18(15(2)3)21-9-11-23-12-10-21/h5-8,15,18H,4,9-14H2,1-3H3,(H,20,22)/t18-/m1/s1. The van der Waals surface area contributed by atoms with Crippen LogP contribution >= 0.6 is 0 Å². The second kappa shape index (κ2) is 10.3. The summed E-state index contributed by atoms with van der Waals surface area (Å²) < 4.78 is 16.3. The maximum Gasteiger partial charge on any atom is 0.257 e. The molecule has 0 bridgehead atoms. The molecule has 1 aliphatic heterocycles. The van der Waals surface area contributed by atoms with Crippen LogP contribution in [0.1, 0.15) is 20.8 Å². The van der Waals surface area contributed by atoms with Crippen molar-refractivity contribution in [3.8, 4) is 11.5 Å². The van der Waals surface area contributed by atoms with Gasteiger partial charge < -0.3 is 19.5 Å². The highest BCUT2D eigenvalue weighted by molar-refractivity contribution is 5.77. The van der Waals surface area contributed by atoms with Crippen molar-refractivity contribution < 1.29 is 19.0 Å². The van der Waals surface area contributed by atoms with Crippen LogP contribution in [0.5, 0.6) is 11.5 Å². The van der Waals surface area contributed by atoms with Gasteiger partial charge >= 0.3 is 0 Å². The van der Waals surface area contributed by atoms with Gasteiger partial charge in [-0.25, -0.2) is 0 Å². The van der Waals surface area contributed by atoms with Gasteiger partial charge in [-0.3, -0.25) is 9.69 Å². The number of nitrogens with zero attached hydrogens (tertiary/aromatic N) is 1. The van der Waals surface area contributed by atoms with Crippen LogP contribution in [-0.4, -0.2) is 62.9 Å². The first-order chi connectivity index (χ1) is 12.1. The number of carbonyl (C=O) groups excluding carboxylic acids is 1. The number of hydrogen-bond donors (Lipinski definition) is 1. The Labute approximate surface area is 150 Å². The third-order valence-corrected chi connectivity index (χ3v) is 4.30. The van der Waals surface area contributed by atoms with Gasteiger partial charge in [-0.05, 0) is 37.1 Å². The van der Waals surface area contributed by atoms with Crippen molar-refractivity contribution in [1.29, 1.82) is 0 Å². The lowest BCUT2D eigenvalue weighted by molar-refractivity contribution is -0.123. The molecule has 0 unspecified atom stereocenters. The molecule has 1 atom stereocenters. The van der Waals surface area contributed by atoms with Crippen LogP contribution in [0.25, 0.3) is 0 Å². The van der Waals surface area contributed by atoms with E-state index >= 15 is 0 Å². The summed E-state index contributed by atoms with van der Waals surface area (Å²) in [6, 6.07) is 7.61. The molecular formula is C19H30N2O4. The van der Waals surface area contributed by atoms with E-state index in [1.54, 1.807) is 0 Å². The van der Waals surface area contributed by atoms with Gasteiger partial charge in [0, 0.05) is 25.7 Å². The van der Waals surface area contributed by atoms with Gasteiger partial charge in [-0.1, -0.05) is 13.8 Å². The first kappa shape index (κ1) is 19.5. The average Bonchev–Trinajstić information content (AvgIpc) is 2.62. The zero-order chi connectivity index (χ0) is 18.1. The van der Waals surface area contributed by atoms with Crippen LogP contribution in [0.4, 0.5) is 0 Å². The first-order valence-corrected chi connectivity index (χ1v) is 9.04. The van der Waals surface area contributed by atoms with Crippen molar-refractivity contribution in [1.82, 2.24) is 10.2 Å². The number of morpholine rings is 1. The van der Waals surface area contributed by atoms with Crippen LogP contribution in [0.3, 0.4) is 0 Å². The largest absolute Gasteiger partial charge is 0.494 e. The molecule has 1 saturated heterocycles. The van der Waals surface area contributed by atoms with Gasteiger partial charge in [-0.2, -0.15) is 0 Å². The smallest absolute Gasteiger partial charge is 0.257 e. The molecule has 1 N–H and O–H groups in total. The van der Waals surface area contributed by atoms with Crippen LogP contribution in [0.15, 0.2) is 24.3 Å². The molecule has 140 valence electrons. The Balaban J connectivity index is 1.74. The van der Waals surface area contributed by atoms with Crippen molar-refractivity contribution in [2.24, 2.45) is 5.92 Å². The van der Waals surface area contributed by atoms with E-state index in [9.17, 15) is 4.79 Å². The van der Waals surface area contributed by atoms with Crippen molar-refractivity contribution in [2.75, 3.05) is 46.1 Å². The quantitative estimate of drug-likeness (QED) is 0.737. The maximum atomic E-state index is 12.1. The minimum atomic E-state index is -0.104. The van der Waals surface area contributed by atoms with Gasteiger partial charge in [0.2, 0.25) is 0 Å². The van der Waals surface area contributed by atoms with E-state index in [1.165, 1.54) is 0 Å². The third-order valence-electron chi connectivity index (χ3n) is 4.30. The summed E-state index contributed by atoms with van der Waals surface area (Å²) in [4.78, 5) is 14.5. The number of carbonyl (C=O) groups is 1. The topological polar surface area (TPSA) is 60.0 Å². The minimum absolute atomic E-state index is 0.0158. The number of rotatable bonds is 9. The number of hydrogen-bond acceptors (Lipinski definition) is 5. The monoisotopic (exact) mass is 350 g/mol. The number of ether oxygens (including phenoxy) is 3. The fourth-order valence-corrected chi connectivity index (χ4v) is 2.91. The molecule has 25 heavy (non-hydrogen) atoms.